The lowest BCUT2D eigenvalue weighted by Crippen LogP contribution is -2.34. The van der Waals surface area contributed by atoms with Crippen LogP contribution in [0.4, 0.5) is 0 Å². The van der Waals surface area contributed by atoms with Crippen molar-refractivity contribution < 1.29 is 19.1 Å². The predicted octanol–water partition coefficient (Wildman–Crippen LogP) is 1.57. The number of amides is 2. The van der Waals surface area contributed by atoms with Gasteiger partial charge in [-0.1, -0.05) is 6.07 Å². The van der Waals surface area contributed by atoms with Crippen LogP contribution in [0.2, 0.25) is 0 Å². The first-order valence-corrected chi connectivity index (χ1v) is 9.15. The van der Waals surface area contributed by atoms with E-state index in [1.165, 1.54) is 7.11 Å². The summed E-state index contributed by atoms with van der Waals surface area (Å²) in [4.78, 5) is 24.3. The number of nitrogens with zero attached hydrogens (tertiary/aromatic N) is 3. The van der Waals surface area contributed by atoms with Crippen molar-refractivity contribution in [3.63, 3.8) is 0 Å². The Kier molecular flexibility index (Phi) is 6.28. The molecule has 9 nitrogen and oxygen atoms in total. The minimum Gasteiger partial charge on any atom is -0.493 e. The van der Waals surface area contributed by atoms with Crippen LogP contribution in [0, 0.1) is 0 Å². The van der Waals surface area contributed by atoms with E-state index in [0.717, 1.165) is 0 Å². The first-order chi connectivity index (χ1) is 14.0. The third kappa shape index (κ3) is 5.01. The van der Waals surface area contributed by atoms with Crippen molar-refractivity contribution >= 4 is 17.5 Å². The third-order valence-corrected chi connectivity index (χ3v) is 4.03. The van der Waals surface area contributed by atoms with Crippen LogP contribution in [0.3, 0.4) is 0 Å². The van der Waals surface area contributed by atoms with Crippen molar-refractivity contribution in [2.75, 3.05) is 13.7 Å². The highest BCUT2D eigenvalue weighted by atomic mass is 16.5. The zero-order valence-electron chi connectivity index (χ0n) is 16.5. The second kappa shape index (κ2) is 9.05. The molecular formula is C20H23N5O4. The van der Waals surface area contributed by atoms with E-state index in [-0.39, 0.29) is 31.0 Å². The molecule has 2 N–H and O–H groups in total. The lowest BCUT2D eigenvalue weighted by atomic mass is 10.2. The van der Waals surface area contributed by atoms with E-state index >= 15 is 0 Å². The Morgan fingerprint density at radius 3 is 2.72 bits per heavy atom. The first kappa shape index (κ1) is 20.1. The van der Waals surface area contributed by atoms with Crippen LogP contribution in [0.15, 0.2) is 42.6 Å². The number of rotatable bonds is 8. The van der Waals surface area contributed by atoms with E-state index in [1.807, 2.05) is 38.2 Å². The Morgan fingerprint density at radius 1 is 1.14 bits per heavy atom. The maximum Gasteiger partial charge on any atom is 0.258 e. The number of fused-ring (bicyclic) bond motifs is 1. The highest BCUT2D eigenvalue weighted by Crippen LogP contribution is 2.28. The molecule has 2 aromatic heterocycles. The summed E-state index contributed by atoms with van der Waals surface area (Å²) in [6.45, 7) is 3.82. The number of aromatic nitrogens is 3. The fraction of sp³-hybridized carbons (Fsp3) is 0.300. The maximum absolute atomic E-state index is 12.5. The van der Waals surface area contributed by atoms with Gasteiger partial charge in [-0.25, -0.2) is 0 Å². The summed E-state index contributed by atoms with van der Waals surface area (Å²) in [6.07, 6.45) is 1.83. The van der Waals surface area contributed by atoms with Crippen molar-refractivity contribution in [2.45, 2.75) is 26.4 Å². The van der Waals surface area contributed by atoms with Crippen molar-refractivity contribution in [1.29, 1.82) is 0 Å². The van der Waals surface area contributed by atoms with Gasteiger partial charge in [0.2, 0.25) is 0 Å². The minimum absolute atomic E-state index is 0.0291. The predicted molar refractivity (Wildman–Crippen MR) is 106 cm³/mol. The van der Waals surface area contributed by atoms with E-state index < -0.39 is 0 Å². The fourth-order valence-corrected chi connectivity index (χ4v) is 2.71. The van der Waals surface area contributed by atoms with Crippen LogP contribution in [0.25, 0.3) is 5.65 Å². The number of hydrogen-bond donors (Lipinski definition) is 2. The average molecular weight is 397 g/mol. The van der Waals surface area contributed by atoms with E-state index in [4.69, 9.17) is 9.47 Å². The van der Waals surface area contributed by atoms with Gasteiger partial charge in [0, 0.05) is 17.8 Å². The number of nitrogens with one attached hydrogen (secondary N) is 2. The van der Waals surface area contributed by atoms with Gasteiger partial charge in [0.05, 0.1) is 13.7 Å². The van der Waals surface area contributed by atoms with Gasteiger partial charge in [-0.3, -0.25) is 14.0 Å². The lowest BCUT2D eigenvalue weighted by Gasteiger charge is -2.13. The molecule has 3 rings (SSSR count). The Morgan fingerprint density at radius 2 is 1.97 bits per heavy atom. The van der Waals surface area contributed by atoms with Crippen LogP contribution in [0.5, 0.6) is 11.5 Å². The maximum atomic E-state index is 12.5. The molecule has 0 saturated heterocycles. The number of pyridine rings is 1. The average Bonchev–Trinajstić information content (AvgIpc) is 3.13. The second-order valence-electron chi connectivity index (χ2n) is 6.60. The van der Waals surface area contributed by atoms with E-state index in [9.17, 15) is 9.59 Å². The molecule has 2 heterocycles. The third-order valence-electron chi connectivity index (χ3n) is 4.03. The van der Waals surface area contributed by atoms with Crippen LogP contribution in [-0.2, 0) is 11.3 Å². The highest BCUT2D eigenvalue weighted by Gasteiger charge is 2.14. The Hall–Kier alpha value is -3.62. The van der Waals surface area contributed by atoms with Gasteiger partial charge < -0.3 is 20.1 Å². The molecule has 0 aliphatic carbocycles. The van der Waals surface area contributed by atoms with Crippen LogP contribution < -0.4 is 20.1 Å². The molecule has 0 spiro atoms. The van der Waals surface area contributed by atoms with Crippen molar-refractivity contribution in [2.24, 2.45) is 0 Å². The fourth-order valence-electron chi connectivity index (χ4n) is 2.71. The van der Waals surface area contributed by atoms with Gasteiger partial charge in [-0.05, 0) is 44.2 Å². The first-order valence-electron chi connectivity index (χ1n) is 9.15. The monoisotopic (exact) mass is 397 g/mol. The largest absolute Gasteiger partial charge is 0.493 e. The molecule has 0 fully saturated rings. The molecule has 9 heteroatoms. The number of benzene rings is 1. The SMILES string of the molecule is COc1cc(C(=O)NCc2nnc3ccccn23)ccc1OCC(=O)NC(C)C. The Balaban J connectivity index is 1.64. The number of carbonyl (C=O) groups is 2. The number of ether oxygens (including phenoxy) is 2. The Bertz CT molecular complexity index is 1020. The van der Waals surface area contributed by atoms with E-state index in [1.54, 1.807) is 22.6 Å². The summed E-state index contributed by atoms with van der Waals surface area (Å²) in [5.41, 5.74) is 1.11. The summed E-state index contributed by atoms with van der Waals surface area (Å²) < 4.78 is 12.6. The van der Waals surface area contributed by atoms with Gasteiger partial charge in [-0.15, -0.1) is 10.2 Å². The number of methoxy groups -OCH3 is 1. The molecule has 0 aliphatic rings. The standard InChI is InChI=1S/C20H23N5O4/c1-13(2)22-19(26)12-29-15-8-7-14(10-16(15)28-3)20(27)21-11-18-24-23-17-6-4-5-9-25(17)18/h4-10,13H,11-12H2,1-3H3,(H,21,27)(H,22,26). The molecule has 29 heavy (non-hydrogen) atoms. The van der Waals surface area contributed by atoms with Gasteiger partial charge in [0.25, 0.3) is 11.8 Å². The topological polar surface area (TPSA) is 107 Å². The van der Waals surface area contributed by atoms with Gasteiger partial charge in [0.15, 0.2) is 29.6 Å². The molecule has 0 unspecified atom stereocenters. The minimum atomic E-state index is -0.292. The summed E-state index contributed by atoms with van der Waals surface area (Å²) >= 11 is 0. The van der Waals surface area contributed by atoms with E-state index in [0.29, 0.717) is 28.5 Å². The summed E-state index contributed by atoms with van der Waals surface area (Å²) in [5.74, 6) is 0.843. The molecule has 1 aromatic carbocycles. The van der Waals surface area contributed by atoms with Gasteiger partial charge >= 0.3 is 0 Å². The van der Waals surface area contributed by atoms with Crippen LogP contribution in [-0.4, -0.2) is 46.2 Å². The zero-order valence-corrected chi connectivity index (χ0v) is 16.5. The van der Waals surface area contributed by atoms with Gasteiger partial charge in [-0.2, -0.15) is 0 Å². The lowest BCUT2D eigenvalue weighted by molar-refractivity contribution is -0.123. The van der Waals surface area contributed by atoms with Gasteiger partial charge in [0.1, 0.15) is 0 Å². The molecule has 0 aliphatic heterocycles. The molecule has 0 saturated carbocycles. The molecular weight excluding hydrogens is 374 g/mol. The number of carbonyl (C=O) groups excluding carboxylic acids is 2. The van der Waals surface area contributed by atoms with Crippen LogP contribution >= 0.6 is 0 Å². The quantitative estimate of drug-likeness (QED) is 0.598. The highest BCUT2D eigenvalue weighted by molar-refractivity contribution is 5.94. The molecule has 0 radical (unpaired) electrons. The molecule has 152 valence electrons. The normalized spacial score (nSPS) is 10.8. The molecule has 2 amide bonds. The van der Waals surface area contributed by atoms with Crippen molar-refractivity contribution in [1.82, 2.24) is 25.2 Å². The second-order valence-corrected chi connectivity index (χ2v) is 6.60. The van der Waals surface area contributed by atoms with E-state index in [2.05, 4.69) is 20.8 Å². The molecule has 0 atom stereocenters. The van der Waals surface area contributed by atoms with Crippen molar-refractivity contribution in [3.8, 4) is 11.5 Å². The molecule has 0 bridgehead atoms. The summed E-state index contributed by atoms with van der Waals surface area (Å²) in [6, 6.07) is 10.4. The zero-order chi connectivity index (χ0) is 20.8. The smallest absolute Gasteiger partial charge is 0.258 e. The van der Waals surface area contributed by atoms with Crippen molar-refractivity contribution in [3.05, 3.63) is 54.0 Å². The Labute approximate surface area is 168 Å². The summed E-state index contributed by atoms with van der Waals surface area (Å²) in [7, 11) is 1.47. The molecule has 3 aromatic rings. The number of hydrogen-bond acceptors (Lipinski definition) is 6. The van der Waals surface area contributed by atoms with Crippen LogP contribution in [0.1, 0.15) is 30.0 Å². The summed E-state index contributed by atoms with van der Waals surface area (Å²) in [5, 5.41) is 13.7.